The summed E-state index contributed by atoms with van der Waals surface area (Å²) in [5, 5.41) is 8.67. The van der Waals surface area contributed by atoms with Gasteiger partial charge < -0.3 is 14.9 Å². The summed E-state index contributed by atoms with van der Waals surface area (Å²) in [6.45, 7) is 5.80. The van der Waals surface area contributed by atoms with Crippen LogP contribution in [0, 0.1) is 0 Å². The maximum absolute atomic E-state index is 11.6. The number of carbonyl (C=O) groups is 2. The molecule has 0 spiro atoms. The Hall–Kier alpha value is -1.10. The zero-order valence-corrected chi connectivity index (χ0v) is 11.8. The predicted octanol–water partition coefficient (Wildman–Crippen LogP) is 0.866. The number of nitrogens with zero attached hydrogens (tertiary/aromatic N) is 2. The molecule has 0 saturated carbocycles. The van der Waals surface area contributed by atoms with E-state index in [0.717, 1.165) is 13.0 Å². The average Bonchev–Trinajstić information content (AvgIpc) is 2.39. The molecular weight excluding hydrogens is 232 g/mol. The first-order valence-electron chi connectivity index (χ1n) is 6.69. The molecule has 0 atom stereocenters. The summed E-state index contributed by atoms with van der Waals surface area (Å²) in [5.74, 6) is 0.150. The van der Waals surface area contributed by atoms with Crippen LogP contribution < -0.4 is 0 Å². The Morgan fingerprint density at radius 1 is 1.06 bits per heavy atom. The van der Waals surface area contributed by atoms with Crippen molar-refractivity contribution in [2.45, 2.75) is 39.5 Å². The SMILES string of the molecule is CCCN(CCN(C)C(=O)CCCO)C(=O)CC. The number of rotatable bonds is 9. The number of likely N-dealkylation sites (N-methyl/N-ethyl adjacent to an activating group) is 1. The van der Waals surface area contributed by atoms with Crippen molar-refractivity contribution in [1.29, 1.82) is 0 Å². The van der Waals surface area contributed by atoms with Gasteiger partial charge in [0.25, 0.3) is 0 Å². The van der Waals surface area contributed by atoms with E-state index in [1.165, 1.54) is 0 Å². The lowest BCUT2D eigenvalue weighted by Crippen LogP contribution is -2.39. The minimum Gasteiger partial charge on any atom is -0.396 e. The molecule has 0 rings (SSSR count). The van der Waals surface area contributed by atoms with E-state index in [-0.39, 0.29) is 18.4 Å². The van der Waals surface area contributed by atoms with E-state index in [4.69, 9.17) is 5.11 Å². The van der Waals surface area contributed by atoms with Crippen LogP contribution in [0.25, 0.3) is 0 Å². The molecule has 0 aliphatic carbocycles. The number of aliphatic hydroxyl groups is 1. The van der Waals surface area contributed by atoms with Crippen molar-refractivity contribution in [3.8, 4) is 0 Å². The molecule has 2 amide bonds. The lowest BCUT2D eigenvalue weighted by atomic mass is 10.3. The second kappa shape index (κ2) is 9.88. The standard InChI is InChI=1S/C13H26N2O3/c1-4-8-15(12(17)5-2)10-9-14(3)13(18)7-6-11-16/h16H,4-11H2,1-3H3. The number of aliphatic hydroxyl groups excluding tert-OH is 1. The highest BCUT2D eigenvalue weighted by Gasteiger charge is 2.13. The van der Waals surface area contributed by atoms with E-state index < -0.39 is 0 Å². The van der Waals surface area contributed by atoms with E-state index in [9.17, 15) is 9.59 Å². The largest absolute Gasteiger partial charge is 0.396 e. The van der Waals surface area contributed by atoms with Gasteiger partial charge in [-0.3, -0.25) is 9.59 Å². The lowest BCUT2D eigenvalue weighted by Gasteiger charge is -2.25. The monoisotopic (exact) mass is 258 g/mol. The van der Waals surface area contributed by atoms with Gasteiger partial charge in [0, 0.05) is 46.1 Å². The van der Waals surface area contributed by atoms with E-state index >= 15 is 0 Å². The van der Waals surface area contributed by atoms with E-state index in [1.54, 1.807) is 16.8 Å². The van der Waals surface area contributed by atoms with Gasteiger partial charge in [0.2, 0.25) is 11.8 Å². The van der Waals surface area contributed by atoms with Gasteiger partial charge in [0.05, 0.1) is 0 Å². The lowest BCUT2D eigenvalue weighted by molar-refractivity contribution is -0.134. The molecule has 0 unspecified atom stereocenters. The minimum atomic E-state index is 0.0180. The molecule has 0 aromatic carbocycles. The van der Waals surface area contributed by atoms with Crippen molar-refractivity contribution in [2.24, 2.45) is 0 Å². The fraction of sp³-hybridized carbons (Fsp3) is 0.846. The first kappa shape index (κ1) is 16.9. The molecule has 106 valence electrons. The molecule has 18 heavy (non-hydrogen) atoms. The zero-order valence-electron chi connectivity index (χ0n) is 11.8. The van der Waals surface area contributed by atoms with E-state index in [1.807, 2.05) is 13.8 Å². The summed E-state index contributed by atoms with van der Waals surface area (Å²) in [7, 11) is 1.74. The molecule has 0 aliphatic rings. The molecule has 0 radical (unpaired) electrons. The van der Waals surface area contributed by atoms with Gasteiger partial charge in [-0.25, -0.2) is 0 Å². The molecule has 5 heteroatoms. The van der Waals surface area contributed by atoms with Crippen LogP contribution in [0.3, 0.4) is 0 Å². The maximum Gasteiger partial charge on any atom is 0.222 e. The Labute approximate surface area is 110 Å². The smallest absolute Gasteiger partial charge is 0.222 e. The molecule has 0 heterocycles. The molecule has 0 aromatic heterocycles. The topological polar surface area (TPSA) is 60.9 Å². The highest BCUT2D eigenvalue weighted by molar-refractivity contribution is 5.77. The Balaban J connectivity index is 4.09. The Kier molecular flexibility index (Phi) is 9.28. The maximum atomic E-state index is 11.6. The molecule has 0 fully saturated rings. The highest BCUT2D eigenvalue weighted by Crippen LogP contribution is 1.99. The third-order valence-electron chi connectivity index (χ3n) is 2.83. The summed E-state index contributed by atoms with van der Waals surface area (Å²) in [4.78, 5) is 26.7. The van der Waals surface area contributed by atoms with Crippen LogP contribution in [0.1, 0.15) is 39.5 Å². The first-order valence-corrected chi connectivity index (χ1v) is 6.69. The molecule has 0 saturated heterocycles. The highest BCUT2D eigenvalue weighted by atomic mass is 16.3. The quantitative estimate of drug-likeness (QED) is 0.667. The Morgan fingerprint density at radius 3 is 2.22 bits per heavy atom. The molecular formula is C13H26N2O3. The van der Waals surface area contributed by atoms with Crippen LogP contribution in [0.5, 0.6) is 0 Å². The fourth-order valence-corrected chi connectivity index (χ4v) is 1.67. The van der Waals surface area contributed by atoms with Gasteiger partial charge in [-0.2, -0.15) is 0 Å². The van der Waals surface area contributed by atoms with Crippen LogP contribution in [0.15, 0.2) is 0 Å². The van der Waals surface area contributed by atoms with Crippen molar-refractivity contribution in [3.05, 3.63) is 0 Å². The molecule has 0 bridgehead atoms. The molecule has 0 aromatic rings. The number of hydrogen-bond acceptors (Lipinski definition) is 3. The normalized spacial score (nSPS) is 10.2. The predicted molar refractivity (Wildman–Crippen MR) is 71.1 cm³/mol. The Morgan fingerprint density at radius 2 is 1.72 bits per heavy atom. The van der Waals surface area contributed by atoms with Gasteiger partial charge in [0.15, 0.2) is 0 Å². The third-order valence-corrected chi connectivity index (χ3v) is 2.83. The van der Waals surface area contributed by atoms with Crippen molar-refractivity contribution in [1.82, 2.24) is 9.80 Å². The summed E-state index contributed by atoms with van der Waals surface area (Å²) in [5.41, 5.74) is 0. The Bertz CT molecular complexity index is 257. The third kappa shape index (κ3) is 6.59. The number of carbonyl (C=O) groups excluding carboxylic acids is 2. The minimum absolute atomic E-state index is 0.0180. The summed E-state index contributed by atoms with van der Waals surface area (Å²) >= 11 is 0. The van der Waals surface area contributed by atoms with Gasteiger partial charge in [0.1, 0.15) is 0 Å². The summed E-state index contributed by atoms with van der Waals surface area (Å²) in [6, 6.07) is 0. The van der Waals surface area contributed by atoms with Crippen molar-refractivity contribution >= 4 is 11.8 Å². The average molecular weight is 258 g/mol. The second-order valence-electron chi connectivity index (χ2n) is 4.38. The van der Waals surface area contributed by atoms with Gasteiger partial charge >= 0.3 is 0 Å². The van der Waals surface area contributed by atoms with Crippen LogP contribution in [-0.2, 0) is 9.59 Å². The fourth-order valence-electron chi connectivity index (χ4n) is 1.67. The van der Waals surface area contributed by atoms with Crippen molar-refractivity contribution < 1.29 is 14.7 Å². The van der Waals surface area contributed by atoms with Crippen LogP contribution in [0.4, 0.5) is 0 Å². The second-order valence-corrected chi connectivity index (χ2v) is 4.38. The van der Waals surface area contributed by atoms with Gasteiger partial charge in [-0.1, -0.05) is 13.8 Å². The van der Waals surface area contributed by atoms with Crippen molar-refractivity contribution in [3.63, 3.8) is 0 Å². The summed E-state index contributed by atoms with van der Waals surface area (Å²) < 4.78 is 0. The van der Waals surface area contributed by atoms with Gasteiger partial charge in [-0.05, 0) is 12.8 Å². The molecule has 0 aliphatic heterocycles. The molecule has 5 nitrogen and oxygen atoms in total. The van der Waals surface area contributed by atoms with Crippen molar-refractivity contribution in [2.75, 3.05) is 33.3 Å². The first-order chi connectivity index (χ1) is 8.56. The molecule has 1 N–H and O–H groups in total. The summed E-state index contributed by atoms with van der Waals surface area (Å²) in [6.07, 6.45) is 2.29. The van der Waals surface area contributed by atoms with Gasteiger partial charge in [-0.15, -0.1) is 0 Å². The van der Waals surface area contributed by atoms with Crippen LogP contribution >= 0.6 is 0 Å². The van der Waals surface area contributed by atoms with Crippen LogP contribution in [0.2, 0.25) is 0 Å². The number of amides is 2. The van der Waals surface area contributed by atoms with E-state index in [0.29, 0.717) is 32.4 Å². The van der Waals surface area contributed by atoms with Crippen LogP contribution in [-0.4, -0.2) is 60.0 Å². The number of hydrogen-bond donors (Lipinski definition) is 1. The van der Waals surface area contributed by atoms with E-state index in [2.05, 4.69) is 0 Å². The zero-order chi connectivity index (χ0) is 14.0.